The normalized spacial score (nSPS) is 15.7. The van der Waals surface area contributed by atoms with Crippen LogP contribution in [0.1, 0.15) is 33.4 Å². The first-order valence-corrected chi connectivity index (χ1v) is 24.8. The molecule has 22 heteroatoms. The van der Waals surface area contributed by atoms with Crippen molar-refractivity contribution in [3.8, 4) is 0 Å². The van der Waals surface area contributed by atoms with E-state index in [4.69, 9.17) is 32.3 Å². The van der Waals surface area contributed by atoms with Crippen LogP contribution in [0.15, 0.2) is 113 Å². The van der Waals surface area contributed by atoms with Gasteiger partial charge >= 0.3 is 327 Å². The van der Waals surface area contributed by atoms with Gasteiger partial charge in [-0.25, -0.2) is 0 Å². The number of nitrogens with zero attached hydrogens (tertiary/aromatic N) is 8. The van der Waals surface area contributed by atoms with E-state index in [1.165, 1.54) is 17.2 Å². The van der Waals surface area contributed by atoms with E-state index in [9.17, 15) is 38.9 Å². The maximum atomic E-state index is 12.9. The van der Waals surface area contributed by atoms with Crippen LogP contribution in [-0.2, 0) is 32.9 Å². The van der Waals surface area contributed by atoms with Crippen LogP contribution in [0.25, 0.3) is 21.5 Å². The van der Waals surface area contributed by atoms with Crippen LogP contribution in [0.5, 0.6) is 0 Å². The topological polar surface area (TPSA) is 265 Å². The molecule has 18 nitrogen and oxygen atoms in total. The van der Waals surface area contributed by atoms with Gasteiger partial charge < -0.3 is 0 Å². The van der Waals surface area contributed by atoms with Gasteiger partial charge in [0.2, 0.25) is 0 Å². The molecule has 6 bridgehead atoms. The molecule has 278 valence electrons. The summed E-state index contributed by atoms with van der Waals surface area (Å²) in [6, 6.07) is 17.7. The van der Waals surface area contributed by atoms with Gasteiger partial charge in [0.1, 0.15) is 0 Å². The Kier molecular flexibility index (Phi) is 7.34. The monoisotopic (exact) mass is 909 g/mol. The molecule has 4 aromatic carbocycles. The second-order valence-electron chi connectivity index (χ2n) is 13.3. The van der Waals surface area contributed by atoms with Crippen molar-refractivity contribution in [3.63, 3.8) is 0 Å². The Morgan fingerprint density at radius 3 is 1.52 bits per heavy atom. The molecule has 6 aromatic rings. The molecule has 56 heavy (non-hydrogen) atoms. The Labute approximate surface area is 324 Å². The molecule has 0 N–H and O–H groups in total. The van der Waals surface area contributed by atoms with Gasteiger partial charge in [0.15, 0.2) is 0 Å². The zero-order valence-electron chi connectivity index (χ0n) is 28.4. The molecular formula is C34H18InN8O10S3-3. The van der Waals surface area contributed by atoms with E-state index in [-0.39, 0.29) is 57.1 Å². The van der Waals surface area contributed by atoms with Gasteiger partial charge in [0.05, 0.1) is 0 Å². The van der Waals surface area contributed by atoms with E-state index in [0.29, 0.717) is 32.7 Å². The zero-order valence-corrected chi connectivity index (χ0v) is 34.1. The van der Waals surface area contributed by atoms with Crippen molar-refractivity contribution in [1.29, 1.82) is 0 Å². The summed E-state index contributed by atoms with van der Waals surface area (Å²) >= 11 is -5.24. The first kappa shape index (κ1) is 35.2. The van der Waals surface area contributed by atoms with Crippen molar-refractivity contribution in [3.05, 3.63) is 117 Å². The molecule has 0 aliphatic carbocycles. The van der Waals surface area contributed by atoms with Gasteiger partial charge in [-0.2, -0.15) is 0 Å². The van der Waals surface area contributed by atoms with Crippen LogP contribution in [0, 0.1) is 13.8 Å². The SMILES string of the molecule is Cc1ccc2c3[n]4c(c2c1)N=C1N=C(N=c2c5ccc(C)cc5c([n]2[In]4[O]S(=O)(=O)[O-])=NC2=NC(=N3)c3cc(S(=O)(=O)[O-])ccc32)c2cc(S(=O)(=O)[O-])ccc21. The Morgan fingerprint density at radius 2 is 0.964 bits per heavy atom. The number of benzene rings is 4. The summed E-state index contributed by atoms with van der Waals surface area (Å²) in [6.45, 7) is 3.62. The predicted molar refractivity (Wildman–Crippen MR) is 197 cm³/mol. The van der Waals surface area contributed by atoms with Gasteiger partial charge in [0, 0.05) is 0 Å². The van der Waals surface area contributed by atoms with Gasteiger partial charge in [-0.05, 0) is 0 Å². The molecule has 6 heterocycles. The molecule has 0 unspecified atom stereocenters. The number of aromatic nitrogens is 2. The average Bonchev–Trinajstić information content (AvgIpc) is 3.81. The summed E-state index contributed by atoms with van der Waals surface area (Å²) < 4.78 is 120. The van der Waals surface area contributed by atoms with Gasteiger partial charge in [-0.15, -0.1) is 0 Å². The first-order chi connectivity index (χ1) is 26.4. The third kappa shape index (κ3) is 5.39. The first-order valence-electron chi connectivity index (χ1n) is 16.4. The number of rotatable bonds is 4. The number of fused-ring (bicyclic) bond motifs is 14. The van der Waals surface area contributed by atoms with Crippen molar-refractivity contribution in [2.75, 3.05) is 0 Å². The summed E-state index contributed by atoms with van der Waals surface area (Å²) in [5, 5.41) is 1.62. The standard InChI is InChI=1S/C34H20N8O6S2.In.H2O4S/c1-15-3-7-19-23(11-15)31-35-27(19)39-33-26-14-18(50(46,47)48)6-10-22(26)30(42-33)38-32-24-12-16(2)4-8-20(24)28(36-32)40-34-25-13-17(49(43,44)45)5-9-21(25)29(37-31)41-34;;1-5(2,3)4/h3-14H,1-2H3,(H2-2,35,36,37,38,39,40,41,42,43,44,45,46,47,48);;(H2,1,2,3,4)/q-2;+3;/p-4. The summed E-state index contributed by atoms with van der Waals surface area (Å²) in [7, 11) is -15.4. The molecule has 0 amide bonds. The van der Waals surface area contributed by atoms with E-state index < -0.39 is 62.9 Å². The van der Waals surface area contributed by atoms with Crippen LogP contribution in [-0.4, -0.2) is 89.8 Å². The van der Waals surface area contributed by atoms with Crippen molar-refractivity contribution in [2.24, 2.45) is 30.0 Å². The Bertz CT molecular complexity index is 3520. The minimum atomic E-state index is -5.50. The molecule has 0 saturated heterocycles. The summed E-state index contributed by atoms with van der Waals surface area (Å²) in [6.07, 6.45) is 0. The van der Waals surface area contributed by atoms with E-state index in [0.717, 1.165) is 35.4 Å². The van der Waals surface area contributed by atoms with Crippen LogP contribution in [0.3, 0.4) is 0 Å². The van der Waals surface area contributed by atoms with Crippen LogP contribution in [0.4, 0.5) is 11.6 Å². The van der Waals surface area contributed by atoms with Crippen molar-refractivity contribution in [2.45, 2.75) is 23.6 Å². The van der Waals surface area contributed by atoms with Crippen molar-refractivity contribution < 1.29 is 41.2 Å². The summed E-state index contributed by atoms with van der Waals surface area (Å²) in [5.41, 5.74) is 2.47. The van der Waals surface area contributed by atoms with Crippen LogP contribution < -0.4 is 11.0 Å². The number of amidine groups is 4. The number of hydrogen-bond donors (Lipinski definition) is 0. The van der Waals surface area contributed by atoms with Crippen molar-refractivity contribution in [1.82, 2.24) is 5.11 Å². The van der Waals surface area contributed by atoms with E-state index >= 15 is 0 Å². The van der Waals surface area contributed by atoms with E-state index in [1.54, 1.807) is 36.4 Å². The van der Waals surface area contributed by atoms with Crippen LogP contribution >= 0.6 is 0 Å². The Morgan fingerprint density at radius 1 is 0.500 bits per heavy atom. The third-order valence-corrected chi connectivity index (χ3v) is 20.5. The van der Waals surface area contributed by atoms with Crippen LogP contribution in [0.2, 0.25) is 0 Å². The Balaban J connectivity index is 1.48. The second kappa shape index (κ2) is 11.7. The van der Waals surface area contributed by atoms with E-state index in [2.05, 4.69) is 0 Å². The fourth-order valence-corrected chi connectivity index (χ4v) is 17.2. The third-order valence-electron chi connectivity index (χ3n) is 9.67. The predicted octanol–water partition coefficient (Wildman–Crippen LogP) is 1.82. The summed E-state index contributed by atoms with van der Waals surface area (Å²) in [5.74, 6) is -0.0257. The maximum absolute atomic E-state index is 12.9. The molecule has 0 saturated carbocycles. The van der Waals surface area contributed by atoms with Crippen molar-refractivity contribution >= 4 is 110 Å². The average molecular weight is 910 g/mol. The Hall–Kier alpha value is -5.20. The molecule has 4 aliphatic rings. The van der Waals surface area contributed by atoms with Gasteiger partial charge in [-0.3, -0.25) is 0 Å². The molecule has 2 aromatic heterocycles. The minimum absolute atomic E-state index is 0.0129. The quantitative estimate of drug-likeness (QED) is 0.183. The zero-order chi connectivity index (χ0) is 39.2. The van der Waals surface area contributed by atoms with Gasteiger partial charge in [0.25, 0.3) is 0 Å². The number of aliphatic imine (C=N–C) groups is 4. The molecule has 4 aliphatic heterocycles. The fraction of sp³-hybridized carbons (Fsp3) is 0.0588. The number of aryl methyl sites for hydroxylation is 2. The second-order valence-corrected chi connectivity index (χ2v) is 23.5. The molecule has 0 spiro atoms. The molecule has 10 rings (SSSR count). The van der Waals surface area contributed by atoms with E-state index in [1.807, 2.05) is 13.8 Å². The number of hydrogen-bond acceptors (Lipinski definition) is 16. The fourth-order valence-electron chi connectivity index (χ4n) is 7.28. The molecule has 0 atom stereocenters. The summed E-state index contributed by atoms with van der Waals surface area (Å²) in [4.78, 5) is 27.9. The molecule has 0 radical (unpaired) electrons. The molecular weight excluding hydrogens is 891 g/mol. The molecule has 0 fully saturated rings. The van der Waals surface area contributed by atoms with Gasteiger partial charge in [-0.1, -0.05) is 0 Å².